The van der Waals surface area contributed by atoms with E-state index in [4.69, 9.17) is 0 Å². The Morgan fingerprint density at radius 3 is 2.42 bits per heavy atom. The molecule has 0 saturated carbocycles. The third kappa shape index (κ3) is 3.48. The largest absolute Gasteiger partial charge is 0.342 e. The molecule has 0 atom stereocenters. The number of likely N-dealkylation sites (tertiary alicyclic amines) is 1. The maximum atomic E-state index is 12.7. The fraction of sp³-hybridized carbons (Fsp3) is 0.688. The van der Waals surface area contributed by atoms with Crippen LogP contribution in [-0.4, -0.2) is 59.7 Å². The van der Waals surface area contributed by atoms with Gasteiger partial charge in [0.05, 0.1) is 0 Å². The highest BCUT2D eigenvalue weighted by Crippen LogP contribution is 2.42. The average molecular weight is 384 g/mol. The van der Waals surface area contributed by atoms with Crippen LogP contribution >= 0.6 is 0 Å². The number of nitrogens with one attached hydrogen (secondary N) is 2. The Hall–Kier alpha value is -1.94. The van der Waals surface area contributed by atoms with Gasteiger partial charge in [0.25, 0.3) is 5.56 Å². The van der Waals surface area contributed by atoms with E-state index in [2.05, 4.69) is 18.8 Å². The van der Waals surface area contributed by atoms with E-state index in [9.17, 15) is 22.8 Å². The van der Waals surface area contributed by atoms with Crippen LogP contribution < -0.4 is 11.2 Å². The number of aromatic nitrogens is 2. The van der Waals surface area contributed by atoms with Gasteiger partial charge < -0.3 is 9.88 Å². The standard InChI is InChI=1S/C16H24N4O5S/c1-11(2)9-19-10-16(7-13(19)21)3-5-20(6-4-16)26(24,25)12-8-17-15(23)18-14(12)22/h8,11H,3-7,9-10H2,1-2H3,(H2,17,18,22,23). The molecule has 2 fully saturated rings. The van der Waals surface area contributed by atoms with Crippen LogP contribution in [0.25, 0.3) is 0 Å². The first-order valence-electron chi connectivity index (χ1n) is 8.73. The highest BCUT2D eigenvalue weighted by Gasteiger charge is 2.46. The number of carbonyl (C=O) groups excluding carboxylic acids is 1. The van der Waals surface area contributed by atoms with Crippen molar-refractivity contribution in [2.75, 3.05) is 26.2 Å². The Kier molecular flexibility index (Phi) is 4.82. The maximum Gasteiger partial charge on any atom is 0.325 e. The number of hydrogen-bond acceptors (Lipinski definition) is 5. The van der Waals surface area contributed by atoms with Crippen LogP contribution in [0.4, 0.5) is 0 Å². The van der Waals surface area contributed by atoms with Crippen LogP contribution in [0.15, 0.2) is 20.7 Å². The van der Waals surface area contributed by atoms with E-state index >= 15 is 0 Å². The zero-order valence-electron chi connectivity index (χ0n) is 14.9. The first-order valence-corrected chi connectivity index (χ1v) is 10.2. The minimum atomic E-state index is -3.98. The van der Waals surface area contributed by atoms with Gasteiger partial charge in [-0.1, -0.05) is 13.8 Å². The SMILES string of the molecule is CC(C)CN1CC2(CCN(S(=O)(=O)c3c[nH]c(=O)[nH]c3=O)CC2)CC1=O. The van der Waals surface area contributed by atoms with Gasteiger partial charge in [-0.2, -0.15) is 4.31 Å². The highest BCUT2D eigenvalue weighted by molar-refractivity contribution is 7.89. The van der Waals surface area contributed by atoms with E-state index in [-0.39, 0.29) is 24.4 Å². The van der Waals surface area contributed by atoms with Crippen LogP contribution in [0.5, 0.6) is 0 Å². The molecule has 0 bridgehead atoms. The molecule has 3 rings (SSSR count). The van der Waals surface area contributed by atoms with Crippen molar-refractivity contribution in [1.82, 2.24) is 19.2 Å². The number of sulfonamides is 1. The summed E-state index contributed by atoms with van der Waals surface area (Å²) in [5.74, 6) is 0.522. The van der Waals surface area contributed by atoms with Gasteiger partial charge in [-0.3, -0.25) is 14.6 Å². The van der Waals surface area contributed by atoms with Crippen molar-refractivity contribution < 1.29 is 13.2 Å². The molecule has 1 amide bonds. The summed E-state index contributed by atoms with van der Waals surface area (Å²) in [6.07, 6.45) is 2.54. The Morgan fingerprint density at radius 2 is 1.85 bits per heavy atom. The molecular formula is C16H24N4O5S. The molecule has 0 unspecified atom stereocenters. The summed E-state index contributed by atoms with van der Waals surface area (Å²) in [5.41, 5.74) is -1.86. The van der Waals surface area contributed by atoms with Crippen molar-refractivity contribution in [2.45, 2.75) is 38.0 Å². The smallest absolute Gasteiger partial charge is 0.325 e. The number of piperidine rings is 1. The molecule has 3 heterocycles. The predicted molar refractivity (Wildman–Crippen MR) is 94.1 cm³/mol. The molecule has 1 spiro atoms. The molecule has 26 heavy (non-hydrogen) atoms. The van der Waals surface area contributed by atoms with Crippen LogP contribution in [0.1, 0.15) is 33.1 Å². The van der Waals surface area contributed by atoms with Crippen LogP contribution in [0, 0.1) is 11.3 Å². The van der Waals surface area contributed by atoms with Crippen molar-refractivity contribution in [3.05, 3.63) is 27.0 Å². The van der Waals surface area contributed by atoms with Crippen molar-refractivity contribution >= 4 is 15.9 Å². The summed E-state index contributed by atoms with van der Waals surface area (Å²) in [5, 5.41) is 0. The van der Waals surface area contributed by atoms with E-state index in [0.717, 1.165) is 12.7 Å². The van der Waals surface area contributed by atoms with Crippen molar-refractivity contribution in [1.29, 1.82) is 0 Å². The lowest BCUT2D eigenvalue weighted by Crippen LogP contribution is -2.45. The summed E-state index contributed by atoms with van der Waals surface area (Å²) in [6.45, 7) is 6.02. The van der Waals surface area contributed by atoms with Crippen molar-refractivity contribution in [3.63, 3.8) is 0 Å². The zero-order valence-corrected chi connectivity index (χ0v) is 15.8. The van der Waals surface area contributed by atoms with Gasteiger partial charge in [0.15, 0.2) is 4.90 Å². The third-order valence-corrected chi connectivity index (χ3v) is 7.08. The number of amides is 1. The summed E-state index contributed by atoms with van der Waals surface area (Å²) >= 11 is 0. The first-order chi connectivity index (χ1) is 12.1. The summed E-state index contributed by atoms with van der Waals surface area (Å²) in [6, 6.07) is 0. The van der Waals surface area contributed by atoms with Gasteiger partial charge in [-0.05, 0) is 24.2 Å². The minimum absolute atomic E-state index is 0.132. The Balaban J connectivity index is 1.73. The van der Waals surface area contributed by atoms with Crippen LogP contribution in [0.3, 0.4) is 0 Å². The van der Waals surface area contributed by atoms with Crippen LogP contribution in [-0.2, 0) is 14.8 Å². The zero-order chi connectivity index (χ0) is 19.1. The normalized spacial score (nSPS) is 21.0. The second-order valence-electron chi connectivity index (χ2n) is 7.69. The van der Waals surface area contributed by atoms with Gasteiger partial charge in [-0.25, -0.2) is 13.2 Å². The Bertz CT molecular complexity index is 909. The van der Waals surface area contributed by atoms with E-state index in [1.807, 2.05) is 9.88 Å². The highest BCUT2D eigenvalue weighted by atomic mass is 32.2. The molecule has 1 aromatic heterocycles. The summed E-state index contributed by atoms with van der Waals surface area (Å²) in [4.78, 5) is 40.8. The fourth-order valence-electron chi connectivity index (χ4n) is 3.85. The molecular weight excluding hydrogens is 360 g/mol. The number of aromatic amines is 2. The molecule has 0 aliphatic carbocycles. The van der Waals surface area contributed by atoms with E-state index < -0.39 is 26.2 Å². The third-order valence-electron chi connectivity index (χ3n) is 5.18. The van der Waals surface area contributed by atoms with Crippen LogP contribution in [0.2, 0.25) is 0 Å². The number of nitrogens with zero attached hydrogens (tertiary/aromatic N) is 2. The van der Waals surface area contributed by atoms with Crippen molar-refractivity contribution in [2.24, 2.45) is 11.3 Å². The molecule has 9 nitrogen and oxygen atoms in total. The minimum Gasteiger partial charge on any atom is -0.342 e. The molecule has 10 heteroatoms. The Morgan fingerprint density at radius 1 is 1.19 bits per heavy atom. The van der Waals surface area contributed by atoms with E-state index in [1.54, 1.807) is 0 Å². The van der Waals surface area contributed by atoms with E-state index in [1.165, 1.54) is 4.31 Å². The molecule has 144 valence electrons. The molecule has 2 aliphatic rings. The molecule has 2 aliphatic heterocycles. The fourth-order valence-corrected chi connectivity index (χ4v) is 5.29. The second kappa shape index (κ2) is 6.66. The lowest BCUT2D eigenvalue weighted by Gasteiger charge is -2.38. The summed E-state index contributed by atoms with van der Waals surface area (Å²) in [7, 11) is -3.98. The molecule has 0 radical (unpaired) electrons. The molecule has 2 N–H and O–H groups in total. The topological polar surface area (TPSA) is 123 Å². The van der Waals surface area contributed by atoms with Crippen molar-refractivity contribution in [3.8, 4) is 0 Å². The lowest BCUT2D eigenvalue weighted by atomic mass is 9.78. The molecule has 1 aromatic rings. The number of hydrogen-bond donors (Lipinski definition) is 2. The number of carbonyl (C=O) groups is 1. The molecule has 0 aromatic carbocycles. The number of rotatable bonds is 4. The maximum absolute atomic E-state index is 12.7. The predicted octanol–water partition coefficient (Wildman–Crippen LogP) is -0.278. The molecule has 2 saturated heterocycles. The quantitative estimate of drug-likeness (QED) is 0.739. The first kappa shape index (κ1) is 18.8. The Labute approximate surface area is 151 Å². The monoisotopic (exact) mass is 384 g/mol. The van der Waals surface area contributed by atoms with Gasteiger partial charge in [0, 0.05) is 38.8 Å². The second-order valence-corrected chi connectivity index (χ2v) is 9.59. The lowest BCUT2D eigenvalue weighted by molar-refractivity contribution is -0.128. The average Bonchev–Trinajstić information content (AvgIpc) is 2.82. The van der Waals surface area contributed by atoms with E-state index in [0.29, 0.717) is 31.7 Å². The van der Waals surface area contributed by atoms with Gasteiger partial charge >= 0.3 is 5.69 Å². The van der Waals surface area contributed by atoms with Gasteiger partial charge in [-0.15, -0.1) is 0 Å². The number of H-pyrrole nitrogens is 2. The van der Waals surface area contributed by atoms with Gasteiger partial charge in [0.2, 0.25) is 15.9 Å². The van der Waals surface area contributed by atoms with Gasteiger partial charge in [0.1, 0.15) is 0 Å². The summed E-state index contributed by atoms with van der Waals surface area (Å²) < 4.78 is 26.7.